The average Bonchev–Trinajstić information content (AvgIpc) is 2.56. The highest BCUT2D eigenvalue weighted by molar-refractivity contribution is 5.95. The van der Waals surface area contributed by atoms with Crippen LogP contribution in [0.3, 0.4) is 0 Å². The van der Waals surface area contributed by atoms with Crippen molar-refractivity contribution in [2.45, 2.75) is 6.10 Å². The van der Waals surface area contributed by atoms with Crippen LogP contribution in [0, 0.1) is 5.82 Å². The number of rotatable bonds is 8. The zero-order valence-corrected chi connectivity index (χ0v) is 12.9. The van der Waals surface area contributed by atoms with Crippen LogP contribution in [-0.4, -0.2) is 35.8 Å². The maximum atomic E-state index is 12.8. The monoisotopic (exact) mass is 334 g/mol. The highest BCUT2D eigenvalue weighted by Gasteiger charge is 2.09. The molecule has 5 N–H and O–H groups in total. The Hall–Kier alpha value is -2.64. The lowest BCUT2D eigenvalue weighted by Crippen LogP contribution is -2.26. The summed E-state index contributed by atoms with van der Waals surface area (Å²) in [6.45, 7) is 1.03. The van der Waals surface area contributed by atoms with Crippen LogP contribution in [0.15, 0.2) is 42.5 Å². The van der Waals surface area contributed by atoms with Gasteiger partial charge in [-0.15, -0.1) is 0 Å². The molecule has 128 valence electrons. The number of nitrogens with one attached hydrogen (secondary N) is 1. The summed E-state index contributed by atoms with van der Waals surface area (Å²) in [5.41, 5.74) is 5.75. The van der Waals surface area contributed by atoms with Crippen LogP contribution in [0.1, 0.15) is 22.0 Å². The van der Waals surface area contributed by atoms with E-state index in [1.165, 1.54) is 42.5 Å². The molecule has 0 spiro atoms. The number of aliphatic hydroxyl groups excluding tert-OH is 1. The van der Waals surface area contributed by atoms with Gasteiger partial charge < -0.3 is 26.0 Å². The number of phenols is 1. The Kier molecular flexibility index (Phi) is 6.11. The molecule has 7 heteroatoms. The fourth-order valence-corrected chi connectivity index (χ4v) is 2.08. The fraction of sp³-hybridized carbons (Fsp3) is 0.235. The number of benzene rings is 2. The minimum Gasteiger partial charge on any atom is -0.507 e. The molecule has 0 aromatic heterocycles. The van der Waals surface area contributed by atoms with Crippen LogP contribution in [0.5, 0.6) is 11.5 Å². The summed E-state index contributed by atoms with van der Waals surface area (Å²) in [6.07, 6.45) is -0.749. The molecule has 0 saturated heterocycles. The second-order valence-electron chi connectivity index (χ2n) is 5.16. The average molecular weight is 334 g/mol. The number of hydrogen-bond donors (Lipinski definition) is 4. The first-order chi connectivity index (χ1) is 11.5. The van der Waals surface area contributed by atoms with Gasteiger partial charge in [0.25, 0.3) is 5.91 Å². The van der Waals surface area contributed by atoms with Gasteiger partial charge >= 0.3 is 0 Å². The van der Waals surface area contributed by atoms with E-state index in [4.69, 9.17) is 10.5 Å². The van der Waals surface area contributed by atoms with E-state index in [1.807, 2.05) is 0 Å². The standard InChI is InChI=1S/C17H19FN2O4/c18-12-3-1-11(2-4-12)16(22)10-20-7-8-24-13-5-6-15(21)14(9-13)17(19)23/h1-6,9,16,20-22H,7-8,10H2,(H2,19,23). The molecule has 6 nitrogen and oxygen atoms in total. The quantitative estimate of drug-likeness (QED) is 0.545. The van der Waals surface area contributed by atoms with E-state index in [-0.39, 0.29) is 23.7 Å². The first-order valence-corrected chi connectivity index (χ1v) is 7.37. The highest BCUT2D eigenvalue weighted by atomic mass is 19.1. The predicted molar refractivity (Wildman–Crippen MR) is 86.3 cm³/mol. The molecule has 0 radical (unpaired) electrons. The summed E-state index contributed by atoms with van der Waals surface area (Å²) >= 11 is 0. The largest absolute Gasteiger partial charge is 0.507 e. The molecule has 0 fully saturated rings. The Labute approximate surface area is 138 Å². The van der Waals surface area contributed by atoms with Crippen molar-refractivity contribution in [1.29, 1.82) is 0 Å². The minimum absolute atomic E-state index is 0.00723. The summed E-state index contributed by atoms with van der Waals surface area (Å²) < 4.78 is 18.3. The van der Waals surface area contributed by atoms with E-state index in [9.17, 15) is 19.4 Å². The summed E-state index contributed by atoms with van der Waals surface area (Å²) in [4.78, 5) is 11.1. The summed E-state index contributed by atoms with van der Waals surface area (Å²) in [6, 6.07) is 9.87. The van der Waals surface area contributed by atoms with Crippen molar-refractivity contribution in [3.05, 3.63) is 59.4 Å². The number of carbonyl (C=O) groups is 1. The van der Waals surface area contributed by atoms with Crippen molar-refractivity contribution in [2.24, 2.45) is 5.73 Å². The molecule has 1 amide bonds. The molecule has 0 aliphatic heterocycles. The molecule has 0 heterocycles. The van der Waals surface area contributed by atoms with Crippen molar-refractivity contribution in [3.63, 3.8) is 0 Å². The Morgan fingerprint density at radius 1 is 1.25 bits per heavy atom. The Bertz CT molecular complexity index is 691. The Balaban J connectivity index is 1.74. The van der Waals surface area contributed by atoms with Gasteiger partial charge in [0.2, 0.25) is 0 Å². The molecule has 0 saturated carbocycles. The molecule has 0 bridgehead atoms. The van der Waals surface area contributed by atoms with E-state index in [0.717, 1.165) is 0 Å². The van der Waals surface area contributed by atoms with Crippen LogP contribution < -0.4 is 15.8 Å². The maximum Gasteiger partial charge on any atom is 0.252 e. The van der Waals surface area contributed by atoms with Crippen LogP contribution in [0.25, 0.3) is 0 Å². The van der Waals surface area contributed by atoms with Gasteiger partial charge in [-0.2, -0.15) is 0 Å². The summed E-state index contributed by atoms with van der Waals surface area (Å²) in [5, 5.41) is 22.4. The van der Waals surface area contributed by atoms with Crippen LogP contribution in [0.4, 0.5) is 4.39 Å². The van der Waals surface area contributed by atoms with Gasteiger partial charge in [-0.1, -0.05) is 12.1 Å². The number of nitrogens with two attached hydrogens (primary N) is 1. The van der Waals surface area contributed by atoms with Crippen molar-refractivity contribution in [3.8, 4) is 11.5 Å². The van der Waals surface area contributed by atoms with Gasteiger partial charge in [0, 0.05) is 13.1 Å². The lowest BCUT2D eigenvalue weighted by atomic mass is 10.1. The molecule has 2 aromatic rings. The third-order valence-electron chi connectivity index (χ3n) is 3.37. The number of amides is 1. The number of aliphatic hydroxyl groups is 1. The van der Waals surface area contributed by atoms with E-state index >= 15 is 0 Å². The smallest absolute Gasteiger partial charge is 0.252 e. The van der Waals surface area contributed by atoms with E-state index in [0.29, 0.717) is 24.5 Å². The molecule has 2 rings (SSSR count). The SMILES string of the molecule is NC(=O)c1cc(OCCNCC(O)c2ccc(F)cc2)ccc1O. The van der Waals surface area contributed by atoms with Gasteiger partial charge in [-0.25, -0.2) is 4.39 Å². The molecule has 1 unspecified atom stereocenters. The topological polar surface area (TPSA) is 105 Å². The molecular weight excluding hydrogens is 315 g/mol. The molecule has 24 heavy (non-hydrogen) atoms. The maximum absolute atomic E-state index is 12.8. The summed E-state index contributed by atoms with van der Waals surface area (Å²) in [7, 11) is 0. The lowest BCUT2D eigenvalue weighted by molar-refractivity contribution is 0.0997. The number of hydrogen-bond acceptors (Lipinski definition) is 5. The van der Waals surface area contributed by atoms with Crippen molar-refractivity contribution in [2.75, 3.05) is 19.7 Å². The van der Waals surface area contributed by atoms with Gasteiger partial charge in [-0.3, -0.25) is 4.79 Å². The van der Waals surface area contributed by atoms with E-state index < -0.39 is 12.0 Å². The number of primary amides is 1. The highest BCUT2D eigenvalue weighted by Crippen LogP contribution is 2.22. The zero-order chi connectivity index (χ0) is 17.5. The van der Waals surface area contributed by atoms with E-state index in [1.54, 1.807) is 0 Å². The predicted octanol–water partition coefficient (Wildman–Crippen LogP) is 1.33. The fourth-order valence-electron chi connectivity index (χ4n) is 2.08. The van der Waals surface area contributed by atoms with Crippen molar-refractivity contribution < 1.29 is 24.1 Å². The van der Waals surface area contributed by atoms with Gasteiger partial charge in [0.05, 0.1) is 11.7 Å². The number of carbonyl (C=O) groups excluding carboxylic acids is 1. The van der Waals surface area contributed by atoms with E-state index in [2.05, 4.69) is 5.32 Å². The Morgan fingerprint density at radius 2 is 1.96 bits per heavy atom. The van der Waals surface area contributed by atoms with Crippen molar-refractivity contribution in [1.82, 2.24) is 5.32 Å². The normalized spacial score (nSPS) is 11.9. The third-order valence-corrected chi connectivity index (χ3v) is 3.37. The number of ether oxygens (including phenoxy) is 1. The first kappa shape index (κ1) is 17.7. The molecule has 2 aromatic carbocycles. The first-order valence-electron chi connectivity index (χ1n) is 7.37. The Morgan fingerprint density at radius 3 is 2.62 bits per heavy atom. The third kappa shape index (κ3) is 4.94. The zero-order valence-electron chi connectivity index (χ0n) is 12.9. The van der Waals surface area contributed by atoms with Crippen LogP contribution >= 0.6 is 0 Å². The van der Waals surface area contributed by atoms with Crippen molar-refractivity contribution >= 4 is 5.91 Å². The van der Waals surface area contributed by atoms with Gasteiger partial charge in [0.15, 0.2) is 0 Å². The van der Waals surface area contributed by atoms with Crippen LogP contribution in [-0.2, 0) is 0 Å². The van der Waals surface area contributed by atoms with Gasteiger partial charge in [-0.05, 0) is 35.9 Å². The molecule has 0 aliphatic carbocycles. The summed E-state index contributed by atoms with van der Waals surface area (Å²) in [5.74, 6) is -0.882. The van der Waals surface area contributed by atoms with Crippen LogP contribution in [0.2, 0.25) is 0 Å². The second kappa shape index (κ2) is 8.28. The molecule has 0 aliphatic rings. The minimum atomic E-state index is -0.749. The second-order valence-corrected chi connectivity index (χ2v) is 5.16. The lowest BCUT2D eigenvalue weighted by Gasteiger charge is -2.13. The molecular formula is C17H19FN2O4. The van der Waals surface area contributed by atoms with Gasteiger partial charge in [0.1, 0.15) is 23.9 Å². The molecule has 1 atom stereocenters. The number of halogens is 1. The number of aromatic hydroxyl groups is 1.